The number of rotatable bonds is 0. The first-order valence-electron chi connectivity index (χ1n) is 2.97. The van der Waals surface area contributed by atoms with E-state index in [2.05, 4.69) is 21.1 Å². The Morgan fingerprint density at radius 2 is 2.27 bits per heavy atom. The van der Waals surface area contributed by atoms with Crippen molar-refractivity contribution in [3.63, 3.8) is 0 Å². The Morgan fingerprint density at radius 3 is 3.09 bits per heavy atom. The Kier molecular flexibility index (Phi) is 1.62. The van der Waals surface area contributed by atoms with Crippen molar-refractivity contribution >= 4 is 38.5 Å². The van der Waals surface area contributed by atoms with Gasteiger partial charge in [-0.3, -0.25) is 0 Å². The van der Waals surface area contributed by atoms with Gasteiger partial charge in [0, 0.05) is 4.47 Å². The molecule has 0 saturated heterocycles. The fourth-order valence-corrected chi connectivity index (χ4v) is 1.48. The largest absolute Gasteiger partial charge is 0.356 e. The minimum absolute atomic E-state index is 0.667. The van der Waals surface area contributed by atoms with Gasteiger partial charge in [-0.15, -0.1) is 0 Å². The van der Waals surface area contributed by atoms with Gasteiger partial charge in [-0.2, -0.15) is 0 Å². The van der Waals surface area contributed by atoms with Crippen molar-refractivity contribution in [2.75, 3.05) is 0 Å². The van der Waals surface area contributed by atoms with E-state index < -0.39 is 0 Å². The standard InChI is InChI=1S/C7H3BrClNO/c8-7-4-3-10-11-6(4)2-1-5(7)9/h1-3H. The molecule has 0 radical (unpaired) electrons. The summed E-state index contributed by atoms with van der Waals surface area (Å²) >= 11 is 9.16. The third-order valence-electron chi connectivity index (χ3n) is 1.43. The van der Waals surface area contributed by atoms with Crippen LogP contribution in [-0.2, 0) is 0 Å². The Labute approximate surface area is 76.2 Å². The summed E-state index contributed by atoms with van der Waals surface area (Å²) in [5, 5.41) is 5.21. The van der Waals surface area contributed by atoms with Crippen LogP contribution in [0.4, 0.5) is 0 Å². The summed E-state index contributed by atoms with van der Waals surface area (Å²) in [6, 6.07) is 3.55. The minimum Gasteiger partial charge on any atom is -0.356 e. The molecule has 56 valence electrons. The van der Waals surface area contributed by atoms with E-state index >= 15 is 0 Å². The van der Waals surface area contributed by atoms with E-state index in [0.29, 0.717) is 5.02 Å². The molecule has 4 heteroatoms. The van der Waals surface area contributed by atoms with Crippen LogP contribution < -0.4 is 0 Å². The molecule has 0 atom stereocenters. The predicted octanol–water partition coefficient (Wildman–Crippen LogP) is 3.24. The zero-order valence-corrected chi connectivity index (χ0v) is 7.69. The van der Waals surface area contributed by atoms with Gasteiger partial charge in [-0.1, -0.05) is 16.8 Å². The molecular formula is C7H3BrClNO. The smallest absolute Gasteiger partial charge is 0.168 e. The van der Waals surface area contributed by atoms with Crippen LogP contribution in [0.25, 0.3) is 11.0 Å². The van der Waals surface area contributed by atoms with E-state index in [0.717, 1.165) is 15.4 Å². The fourth-order valence-electron chi connectivity index (χ4n) is 0.884. The third-order valence-corrected chi connectivity index (χ3v) is 2.82. The van der Waals surface area contributed by atoms with E-state index in [-0.39, 0.29) is 0 Å². The second-order valence-corrected chi connectivity index (χ2v) is 3.30. The number of halogens is 2. The van der Waals surface area contributed by atoms with Crippen LogP contribution >= 0.6 is 27.5 Å². The van der Waals surface area contributed by atoms with Crippen molar-refractivity contribution in [2.45, 2.75) is 0 Å². The maximum absolute atomic E-state index is 5.83. The summed E-state index contributed by atoms with van der Waals surface area (Å²) in [5.41, 5.74) is 0.737. The van der Waals surface area contributed by atoms with E-state index in [1.807, 2.05) is 0 Å². The Morgan fingerprint density at radius 1 is 1.45 bits per heavy atom. The first kappa shape index (κ1) is 7.13. The minimum atomic E-state index is 0.667. The molecule has 0 bridgehead atoms. The van der Waals surface area contributed by atoms with Crippen LogP contribution in [0, 0.1) is 0 Å². The van der Waals surface area contributed by atoms with Crippen LogP contribution in [0.15, 0.2) is 27.3 Å². The predicted molar refractivity (Wildman–Crippen MR) is 46.7 cm³/mol. The third kappa shape index (κ3) is 1.04. The van der Waals surface area contributed by atoms with Crippen LogP contribution in [0.3, 0.4) is 0 Å². The van der Waals surface area contributed by atoms with Gasteiger partial charge >= 0.3 is 0 Å². The number of aromatic nitrogens is 1. The highest BCUT2D eigenvalue weighted by atomic mass is 79.9. The van der Waals surface area contributed by atoms with Crippen LogP contribution in [0.1, 0.15) is 0 Å². The highest BCUT2D eigenvalue weighted by molar-refractivity contribution is 9.10. The molecule has 0 fully saturated rings. The Hall–Kier alpha value is -0.540. The number of fused-ring (bicyclic) bond motifs is 1. The molecule has 0 spiro atoms. The maximum Gasteiger partial charge on any atom is 0.168 e. The molecule has 0 aliphatic rings. The van der Waals surface area contributed by atoms with Gasteiger partial charge in [0.15, 0.2) is 5.58 Å². The lowest BCUT2D eigenvalue weighted by atomic mass is 10.3. The lowest BCUT2D eigenvalue weighted by Crippen LogP contribution is -1.68. The highest BCUT2D eigenvalue weighted by Gasteiger charge is 2.05. The molecule has 0 unspecified atom stereocenters. The van der Waals surface area contributed by atoms with Gasteiger partial charge in [0.25, 0.3) is 0 Å². The SMILES string of the molecule is Clc1ccc2oncc2c1Br. The molecule has 2 rings (SSSR count). The van der Waals surface area contributed by atoms with Gasteiger partial charge in [0.05, 0.1) is 16.6 Å². The first-order valence-corrected chi connectivity index (χ1v) is 4.14. The molecule has 0 N–H and O–H groups in total. The average molecular weight is 232 g/mol. The lowest BCUT2D eigenvalue weighted by molar-refractivity contribution is 0.456. The molecule has 1 aromatic heterocycles. The van der Waals surface area contributed by atoms with Crippen molar-refractivity contribution in [2.24, 2.45) is 0 Å². The van der Waals surface area contributed by atoms with E-state index in [1.54, 1.807) is 18.3 Å². The normalized spacial score (nSPS) is 10.7. The molecular weight excluding hydrogens is 229 g/mol. The van der Waals surface area contributed by atoms with Crippen molar-refractivity contribution in [3.05, 3.63) is 27.8 Å². The van der Waals surface area contributed by atoms with Crippen LogP contribution in [-0.4, -0.2) is 5.16 Å². The van der Waals surface area contributed by atoms with Crippen LogP contribution in [0.2, 0.25) is 5.02 Å². The second-order valence-electron chi connectivity index (χ2n) is 2.10. The van der Waals surface area contributed by atoms with Gasteiger partial charge in [-0.05, 0) is 28.1 Å². The lowest BCUT2D eigenvalue weighted by Gasteiger charge is -1.93. The zero-order valence-electron chi connectivity index (χ0n) is 5.34. The molecule has 1 heterocycles. The van der Waals surface area contributed by atoms with Crippen molar-refractivity contribution < 1.29 is 4.52 Å². The molecule has 0 saturated carbocycles. The molecule has 11 heavy (non-hydrogen) atoms. The van der Waals surface area contributed by atoms with Crippen molar-refractivity contribution in [1.82, 2.24) is 5.16 Å². The molecule has 0 aliphatic heterocycles. The number of benzene rings is 1. The first-order chi connectivity index (χ1) is 5.29. The zero-order chi connectivity index (χ0) is 7.84. The quantitative estimate of drug-likeness (QED) is 0.697. The van der Waals surface area contributed by atoms with E-state index in [4.69, 9.17) is 16.1 Å². The highest BCUT2D eigenvalue weighted by Crippen LogP contribution is 2.30. The fraction of sp³-hybridized carbons (Fsp3) is 0. The molecule has 2 aromatic rings. The number of nitrogens with zero attached hydrogens (tertiary/aromatic N) is 1. The Balaban J connectivity index is 2.93. The molecule has 1 aromatic carbocycles. The number of hydrogen-bond donors (Lipinski definition) is 0. The van der Waals surface area contributed by atoms with Gasteiger partial charge in [0.2, 0.25) is 0 Å². The summed E-state index contributed by atoms with van der Waals surface area (Å²) in [6.07, 6.45) is 1.63. The van der Waals surface area contributed by atoms with E-state index in [9.17, 15) is 0 Å². The van der Waals surface area contributed by atoms with Gasteiger partial charge in [0.1, 0.15) is 0 Å². The molecule has 0 aliphatic carbocycles. The summed E-state index contributed by atoms with van der Waals surface area (Å²) in [6.45, 7) is 0. The number of hydrogen-bond acceptors (Lipinski definition) is 2. The molecule has 2 nitrogen and oxygen atoms in total. The van der Waals surface area contributed by atoms with Gasteiger partial charge < -0.3 is 4.52 Å². The van der Waals surface area contributed by atoms with Crippen molar-refractivity contribution in [1.29, 1.82) is 0 Å². The monoisotopic (exact) mass is 231 g/mol. The molecule has 0 amide bonds. The average Bonchev–Trinajstić information content (AvgIpc) is 2.45. The summed E-state index contributed by atoms with van der Waals surface area (Å²) in [5.74, 6) is 0. The summed E-state index contributed by atoms with van der Waals surface area (Å²) < 4.78 is 5.75. The topological polar surface area (TPSA) is 26.0 Å². The van der Waals surface area contributed by atoms with E-state index in [1.165, 1.54) is 0 Å². The summed E-state index contributed by atoms with van der Waals surface area (Å²) in [4.78, 5) is 0. The summed E-state index contributed by atoms with van der Waals surface area (Å²) in [7, 11) is 0. The van der Waals surface area contributed by atoms with Crippen LogP contribution in [0.5, 0.6) is 0 Å². The Bertz CT molecular complexity index is 398. The van der Waals surface area contributed by atoms with Gasteiger partial charge in [-0.25, -0.2) is 0 Å². The van der Waals surface area contributed by atoms with Crippen molar-refractivity contribution in [3.8, 4) is 0 Å². The second kappa shape index (κ2) is 2.50. The maximum atomic E-state index is 5.83.